The Hall–Kier alpha value is -0.610. The number of rotatable bonds is 9. The average Bonchev–Trinajstić information content (AvgIpc) is 3.03. The third-order valence-corrected chi connectivity index (χ3v) is 4.24. The zero-order valence-electron chi connectivity index (χ0n) is 16.4. The van der Waals surface area contributed by atoms with E-state index in [1.54, 1.807) is 14.2 Å². The Kier molecular flexibility index (Phi) is 13.2. The lowest BCUT2D eigenvalue weighted by atomic mass is 10.2. The van der Waals surface area contributed by atoms with Crippen molar-refractivity contribution >= 4 is 35.8 Å². The van der Waals surface area contributed by atoms with Crippen LogP contribution in [0.1, 0.15) is 26.7 Å². The highest BCUT2D eigenvalue weighted by Crippen LogP contribution is 2.12. The monoisotopic (exact) mass is 469 g/mol. The number of methoxy groups -OCH3 is 1. The standard InChI is InChI=1S/C17H35N5O2.HI/c1-14(2)16(23)22-10-7-15(13-22)20-17(18-3)19-8-6-9-21(4)11-12-24-5;/h14-15H,6-13H2,1-5H3,(H2,18,19,20);1H. The van der Waals surface area contributed by atoms with Crippen LogP contribution >= 0.6 is 24.0 Å². The quantitative estimate of drug-likeness (QED) is 0.228. The molecule has 1 saturated heterocycles. The molecule has 1 aliphatic rings. The first-order chi connectivity index (χ1) is 11.5. The van der Waals surface area contributed by atoms with E-state index in [0.29, 0.717) is 0 Å². The molecule has 0 saturated carbocycles. The van der Waals surface area contributed by atoms with Crippen molar-refractivity contribution in [1.29, 1.82) is 0 Å². The van der Waals surface area contributed by atoms with Gasteiger partial charge in [-0.1, -0.05) is 13.8 Å². The van der Waals surface area contributed by atoms with E-state index >= 15 is 0 Å². The first-order valence-corrected chi connectivity index (χ1v) is 8.91. The molecule has 1 rings (SSSR count). The molecule has 0 radical (unpaired) electrons. The molecule has 0 bridgehead atoms. The Morgan fingerprint density at radius 2 is 2.12 bits per heavy atom. The summed E-state index contributed by atoms with van der Waals surface area (Å²) < 4.78 is 5.07. The number of nitrogens with one attached hydrogen (secondary N) is 2. The van der Waals surface area contributed by atoms with Crippen LogP contribution in [-0.4, -0.2) is 88.2 Å². The van der Waals surface area contributed by atoms with Gasteiger partial charge in [0.2, 0.25) is 5.91 Å². The predicted octanol–water partition coefficient (Wildman–Crippen LogP) is 0.995. The highest BCUT2D eigenvalue weighted by atomic mass is 127. The molecule has 148 valence electrons. The fourth-order valence-electron chi connectivity index (χ4n) is 2.75. The molecule has 8 heteroatoms. The summed E-state index contributed by atoms with van der Waals surface area (Å²) in [6.45, 7) is 9.10. The van der Waals surface area contributed by atoms with Crippen LogP contribution in [-0.2, 0) is 9.53 Å². The molecule has 1 unspecified atom stereocenters. The van der Waals surface area contributed by atoms with Gasteiger partial charge in [0.15, 0.2) is 5.96 Å². The summed E-state index contributed by atoms with van der Waals surface area (Å²) in [5, 5.41) is 6.78. The van der Waals surface area contributed by atoms with E-state index in [0.717, 1.165) is 58.1 Å². The lowest BCUT2D eigenvalue weighted by Gasteiger charge is -2.21. The molecular formula is C17H36IN5O2. The predicted molar refractivity (Wildman–Crippen MR) is 114 cm³/mol. The first kappa shape index (κ1) is 24.4. The Morgan fingerprint density at radius 3 is 2.72 bits per heavy atom. The van der Waals surface area contributed by atoms with E-state index in [-0.39, 0.29) is 41.8 Å². The van der Waals surface area contributed by atoms with Crippen LogP contribution in [0.4, 0.5) is 0 Å². The van der Waals surface area contributed by atoms with Gasteiger partial charge in [-0.3, -0.25) is 9.79 Å². The number of halogens is 1. The van der Waals surface area contributed by atoms with Gasteiger partial charge in [-0.2, -0.15) is 0 Å². The molecule has 0 spiro atoms. The van der Waals surface area contributed by atoms with Crippen LogP contribution in [0, 0.1) is 5.92 Å². The Balaban J connectivity index is 0.00000576. The summed E-state index contributed by atoms with van der Waals surface area (Å²) in [6, 6.07) is 0.281. The second-order valence-corrected chi connectivity index (χ2v) is 6.72. The number of likely N-dealkylation sites (tertiary alicyclic amines) is 1. The number of ether oxygens (including phenoxy) is 1. The Morgan fingerprint density at radius 1 is 1.40 bits per heavy atom. The van der Waals surface area contributed by atoms with Crippen LogP contribution in [0.25, 0.3) is 0 Å². The number of hydrogen-bond donors (Lipinski definition) is 2. The summed E-state index contributed by atoms with van der Waals surface area (Å²) in [5.41, 5.74) is 0. The Bertz CT molecular complexity index is 406. The van der Waals surface area contributed by atoms with Gasteiger partial charge in [-0.05, 0) is 26.4 Å². The number of likely N-dealkylation sites (N-methyl/N-ethyl adjacent to an activating group) is 1. The van der Waals surface area contributed by atoms with Gasteiger partial charge in [0, 0.05) is 52.3 Å². The van der Waals surface area contributed by atoms with Gasteiger partial charge in [0.1, 0.15) is 0 Å². The van der Waals surface area contributed by atoms with E-state index < -0.39 is 0 Å². The first-order valence-electron chi connectivity index (χ1n) is 8.91. The van der Waals surface area contributed by atoms with Crippen molar-refractivity contribution in [2.75, 3.05) is 60.5 Å². The highest BCUT2D eigenvalue weighted by molar-refractivity contribution is 14.0. The smallest absolute Gasteiger partial charge is 0.225 e. The third-order valence-electron chi connectivity index (χ3n) is 4.24. The fourth-order valence-corrected chi connectivity index (χ4v) is 2.75. The van der Waals surface area contributed by atoms with Crippen molar-refractivity contribution in [3.63, 3.8) is 0 Å². The van der Waals surface area contributed by atoms with E-state index in [4.69, 9.17) is 4.74 Å². The molecule has 1 atom stereocenters. The van der Waals surface area contributed by atoms with Gasteiger partial charge >= 0.3 is 0 Å². The van der Waals surface area contributed by atoms with Crippen LogP contribution in [0.2, 0.25) is 0 Å². The number of nitrogens with zero attached hydrogens (tertiary/aromatic N) is 3. The van der Waals surface area contributed by atoms with Crippen molar-refractivity contribution in [2.24, 2.45) is 10.9 Å². The summed E-state index contributed by atoms with van der Waals surface area (Å²) in [7, 11) is 5.61. The number of carbonyl (C=O) groups excluding carboxylic acids is 1. The maximum atomic E-state index is 12.0. The largest absolute Gasteiger partial charge is 0.383 e. The maximum absolute atomic E-state index is 12.0. The molecule has 1 heterocycles. The van der Waals surface area contributed by atoms with Gasteiger partial charge in [-0.25, -0.2) is 0 Å². The third kappa shape index (κ3) is 9.60. The number of hydrogen-bond acceptors (Lipinski definition) is 4. The minimum absolute atomic E-state index is 0. The minimum Gasteiger partial charge on any atom is -0.383 e. The van der Waals surface area contributed by atoms with Gasteiger partial charge < -0.3 is 25.2 Å². The minimum atomic E-state index is 0. The molecule has 0 aliphatic carbocycles. The van der Waals surface area contributed by atoms with Crippen molar-refractivity contribution < 1.29 is 9.53 Å². The van der Waals surface area contributed by atoms with Crippen LogP contribution in [0.5, 0.6) is 0 Å². The maximum Gasteiger partial charge on any atom is 0.225 e. The normalized spacial score (nSPS) is 17.8. The molecule has 0 aromatic carbocycles. The summed E-state index contributed by atoms with van der Waals surface area (Å²) in [4.78, 5) is 20.5. The number of aliphatic imine (C=N–C) groups is 1. The van der Waals surface area contributed by atoms with E-state index in [1.807, 2.05) is 18.7 Å². The van der Waals surface area contributed by atoms with Crippen molar-refractivity contribution in [3.05, 3.63) is 0 Å². The molecule has 2 N–H and O–H groups in total. The zero-order chi connectivity index (χ0) is 17.9. The van der Waals surface area contributed by atoms with Crippen LogP contribution in [0.15, 0.2) is 4.99 Å². The SMILES string of the molecule is CN=C(NCCCN(C)CCOC)NC1CCN(C(=O)C(C)C)C1.I. The second kappa shape index (κ2) is 13.6. The van der Waals surface area contributed by atoms with E-state index in [9.17, 15) is 4.79 Å². The molecule has 0 aromatic rings. The second-order valence-electron chi connectivity index (χ2n) is 6.72. The zero-order valence-corrected chi connectivity index (χ0v) is 18.7. The molecule has 25 heavy (non-hydrogen) atoms. The molecular weight excluding hydrogens is 433 g/mol. The molecule has 1 fully saturated rings. The number of guanidine groups is 1. The lowest BCUT2D eigenvalue weighted by Crippen LogP contribution is -2.45. The van der Waals surface area contributed by atoms with E-state index in [2.05, 4.69) is 27.6 Å². The lowest BCUT2D eigenvalue weighted by molar-refractivity contribution is -0.133. The Labute approximate surface area is 170 Å². The summed E-state index contributed by atoms with van der Waals surface area (Å²) in [6.07, 6.45) is 2.02. The topological polar surface area (TPSA) is 69.2 Å². The highest BCUT2D eigenvalue weighted by Gasteiger charge is 2.27. The van der Waals surface area contributed by atoms with Crippen molar-refractivity contribution in [3.8, 4) is 0 Å². The number of carbonyl (C=O) groups is 1. The van der Waals surface area contributed by atoms with Crippen molar-refractivity contribution in [2.45, 2.75) is 32.7 Å². The van der Waals surface area contributed by atoms with E-state index in [1.165, 1.54) is 0 Å². The van der Waals surface area contributed by atoms with Crippen LogP contribution in [0.3, 0.4) is 0 Å². The summed E-state index contributed by atoms with van der Waals surface area (Å²) >= 11 is 0. The molecule has 1 aliphatic heterocycles. The van der Waals surface area contributed by atoms with Crippen LogP contribution < -0.4 is 10.6 Å². The average molecular weight is 469 g/mol. The number of amides is 1. The molecule has 0 aromatic heterocycles. The van der Waals surface area contributed by atoms with Crippen molar-refractivity contribution in [1.82, 2.24) is 20.4 Å². The fraction of sp³-hybridized carbons (Fsp3) is 0.882. The van der Waals surface area contributed by atoms with Gasteiger partial charge in [0.25, 0.3) is 0 Å². The van der Waals surface area contributed by atoms with Gasteiger partial charge in [-0.15, -0.1) is 24.0 Å². The summed E-state index contributed by atoms with van der Waals surface area (Å²) in [5.74, 6) is 1.12. The van der Waals surface area contributed by atoms with Gasteiger partial charge in [0.05, 0.1) is 6.61 Å². The molecule has 7 nitrogen and oxygen atoms in total. The molecule has 1 amide bonds.